The molecule has 0 radical (unpaired) electrons. The third-order valence-corrected chi connectivity index (χ3v) is 5.61. The molecule has 0 aliphatic carbocycles. The van der Waals surface area contributed by atoms with E-state index >= 15 is 0 Å². The first-order valence-electron chi connectivity index (χ1n) is 12.7. The molecular formula is C25H32N12O2. The molecule has 0 fully saturated rings. The van der Waals surface area contributed by atoms with Crippen molar-refractivity contribution in [2.24, 2.45) is 25.6 Å². The van der Waals surface area contributed by atoms with E-state index in [4.69, 9.17) is 21.3 Å². The Morgan fingerprint density at radius 2 is 1.15 bits per heavy atom. The van der Waals surface area contributed by atoms with Crippen molar-refractivity contribution in [3.05, 3.63) is 85.4 Å². The van der Waals surface area contributed by atoms with E-state index in [9.17, 15) is 4.79 Å². The SMILES string of the molecule is [N-]=[N+]=NCCCCCCCCOC(=O)c1ccc(N=Nc2ccc(N(CCN=[N+]=[N-])CCN=[N+]=[N-])cc2)cc1. The zero-order chi connectivity index (χ0) is 28.0. The van der Waals surface area contributed by atoms with Crippen molar-refractivity contribution in [3.63, 3.8) is 0 Å². The first kappa shape index (κ1) is 30.5. The van der Waals surface area contributed by atoms with Crippen molar-refractivity contribution >= 4 is 23.0 Å². The second kappa shape index (κ2) is 19.4. The highest BCUT2D eigenvalue weighted by Gasteiger charge is 2.07. The van der Waals surface area contributed by atoms with Gasteiger partial charge < -0.3 is 9.64 Å². The van der Waals surface area contributed by atoms with Crippen molar-refractivity contribution in [1.29, 1.82) is 0 Å². The van der Waals surface area contributed by atoms with Gasteiger partial charge in [0, 0.05) is 53.1 Å². The highest BCUT2D eigenvalue weighted by molar-refractivity contribution is 5.89. The molecule has 2 aromatic carbocycles. The molecular weight excluding hydrogens is 500 g/mol. The Kier molecular flexibility index (Phi) is 15.1. The fraction of sp³-hybridized carbons (Fsp3) is 0.480. The van der Waals surface area contributed by atoms with Gasteiger partial charge in [-0.15, -0.1) is 0 Å². The van der Waals surface area contributed by atoms with E-state index in [-0.39, 0.29) is 5.97 Å². The van der Waals surface area contributed by atoms with Crippen LogP contribution in [-0.2, 0) is 4.74 Å². The van der Waals surface area contributed by atoms with Crippen molar-refractivity contribution in [2.75, 3.05) is 44.2 Å². The maximum atomic E-state index is 12.3. The molecule has 0 atom stereocenters. The highest BCUT2D eigenvalue weighted by Crippen LogP contribution is 2.23. The van der Waals surface area contributed by atoms with Crippen LogP contribution in [0.3, 0.4) is 0 Å². The van der Waals surface area contributed by atoms with E-state index in [1.165, 1.54) is 0 Å². The Morgan fingerprint density at radius 1 is 0.667 bits per heavy atom. The van der Waals surface area contributed by atoms with E-state index in [1.54, 1.807) is 24.3 Å². The van der Waals surface area contributed by atoms with Crippen LogP contribution in [0.4, 0.5) is 17.1 Å². The lowest BCUT2D eigenvalue weighted by molar-refractivity contribution is 0.0497. The minimum absolute atomic E-state index is 0.292. The minimum atomic E-state index is -0.367. The smallest absolute Gasteiger partial charge is 0.338 e. The summed E-state index contributed by atoms with van der Waals surface area (Å²) in [5, 5.41) is 19.1. The number of nitrogens with zero attached hydrogens (tertiary/aromatic N) is 12. The summed E-state index contributed by atoms with van der Waals surface area (Å²) < 4.78 is 5.35. The first-order chi connectivity index (χ1) is 19.2. The fourth-order valence-corrected chi connectivity index (χ4v) is 3.58. The maximum absolute atomic E-state index is 12.3. The number of hydrogen-bond donors (Lipinski definition) is 0. The molecule has 14 nitrogen and oxygen atoms in total. The third kappa shape index (κ3) is 12.9. The molecule has 0 aliphatic rings. The standard InChI is InChI=1S/C25H32N12O2/c26-34-29-15-5-3-1-2-4-6-20-39-25(38)21-7-9-22(10-8-21)32-33-23-11-13-24(14-12-23)37(18-16-30-35-27)19-17-31-36-28/h7-14H,1-6,15-20H2. The van der Waals surface area contributed by atoms with Gasteiger partial charge in [-0.1, -0.05) is 41.0 Å². The van der Waals surface area contributed by atoms with Crippen LogP contribution in [0.1, 0.15) is 48.9 Å². The molecule has 0 amide bonds. The third-order valence-electron chi connectivity index (χ3n) is 5.61. The van der Waals surface area contributed by atoms with Crippen LogP contribution in [0, 0.1) is 0 Å². The Morgan fingerprint density at radius 3 is 1.72 bits per heavy atom. The van der Waals surface area contributed by atoms with Gasteiger partial charge in [-0.2, -0.15) is 10.2 Å². The van der Waals surface area contributed by atoms with Crippen molar-refractivity contribution in [3.8, 4) is 0 Å². The van der Waals surface area contributed by atoms with E-state index in [0.717, 1.165) is 44.2 Å². The normalized spacial score (nSPS) is 10.3. The molecule has 0 spiro atoms. The summed E-state index contributed by atoms with van der Waals surface area (Å²) in [6.45, 7) is 2.48. The first-order valence-corrected chi connectivity index (χ1v) is 12.7. The van der Waals surface area contributed by atoms with Gasteiger partial charge in [0.25, 0.3) is 0 Å². The molecule has 0 bridgehead atoms. The largest absolute Gasteiger partial charge is 0.462 e. The molecule has 2 rings (SSSR count). The number of carbonyl (C=O) groups is 1. The number of unbranched alkanes of at least 4 members (excludes halogenated alkanes) is 5. The zero-order valence-electron chi connectivity index (χ0n) is 21.8. The van der Waals surface area contributed by atoms with Crippen molar-refractivity contribution in [1.82, 2.24) is 0 Å². The number of esters is 1. The van der Waals surface area contributed by atoms with Gasteiger partial charge in [-0.3, -0.25) is 0 Å². The van der Waals surface area contributed by atoms with Gasteiger partial charge in [0.1, 0.15) is 0 Å². The number of carbonyl (C=O) groups excluding carboxylic acids is 1. The summed E-state index contributed by atoms with van der Waals surface area (Å²) in [6.07, 6.45) is 5.87. The second-order valence-electron chi connectivity index (χ2n) is 8.37. The average Bonchev–Trinajstić information content (AvgIpc) is 2.97. The number of hydrogen-bond acceptors (Lipinski definition) is 8. The van der Waals surface area contributed by atoms with Gasteiger partial charge >= 0.3 is 5.97 Å². The molecule has 204 valence electrons. The summed E-state index contributed by atoms with van der Waals surface area (Å²) >= 11 is 0. The Labute approximate surface area is 226 Å². The number of azide groups is 3. The Bertz CT molecular complexity index is 1160. The van der Waals surface area contributed by atoms with Crippen LogP contribution in [-0.4, -0.2) is 45.3 Å². The number of azo groups is 1. The lowest BCUT2D eigenvalue weighted by Gasteiger charge is -2.23. The molecule has 0 saturated heterocycles. The van der Waals surface area contributed by atoms with Crippen molar-refractivity contribution in [2.45, 2.75) is 38.5 Å². The zero-order valence-corrected chi connectivity index (χ0v) is 21.8. The quantitative estimate of drug-likeness (QED) is 0.0576. The predicted molar refractivity (Wildman–Crippen MR) is 149 cm³/mol. The summed E-state index contributed by atoms with van der Waals surface area (Å²) in [5.41, 5.74) is 27.8. The average molecular weight is 533 g/mol. The van der Waals surface area contributed by atoms with Crippen LogP contribution >= 0.6 is 0 Å². The molecule has 0 unspecified atom stereocenters. The summed E-state index contributed by atoms with van der Waals surface area (Å²) in [5.74, 6) is -0.367. The summed E-state index contributed by atoms with van der Waals surface area (Å²) in [4.78, 5) is 22.5. The molecule has 0 N–H and O–H groups in total. The lowest BCUT2D eigenvalue weighted by atomic mass is 10.1. The minimum Gasteiger partial charge on any atom is -0.462 e. The van der Waals surface area contributed by atoms with Crippen LogP contribution in [0.5, 0.6) is 0 Å². The van der Waals surface area contributed by atoms with E-state index in [0.29, 0.717) is 56.3 Å². The van der Waals surface area contributed by atoms with Gasteiger partial charge in [-0.25, -0.2) is 4.79 Å². The molecule has 0 heterocycles. The van der Waals surface area contributed by atoms with E-state index in [1.807, 2.05) is 29.2 Å². The molecule has 0 aromatic heterocycles. The van der Waals surface area contributed by atoms with Crippen LogP contribution in [0.25, 0.3) is 31.3 Å². The van der Waals surface area contributed by atoms with Crippen LogP contribution in [0.15, 0.2) is 74.1 Å². The number of ether oxygens (including phenoxy) is 1. The molecule has 0 saturated carbocycles. The predicted octanol–water partition coefficient (Wildman–Crippen LogP) is 8.34. The van der Waals surface area contributed by atoms with Crippen molar-refractivity contribution < 1.29 is 9.53 Å². The number of anilines is 1. The van der Waals surface area contributed by atoms with Gasteiger partial charge in [0.15, 0.2) is 0 Å². The second-order valence-corrected chi connectivity index (χ2v) is 8.37. The molecule has 2 aromatic rings. The summed E-state index contributed by atoms with van der Waals surface area (Å²) in [7, 11) is 0. The Hall–Kier alpha value is -4.76. The van der Waals surface area contributed by atoms with E-state index < -0.39 is 0 Å². The topological polar surface area (TPSA) is 201 Å². The number of rotatable bonds is 19. The fourth-order valence-electron chi connectivity index (χ4n) is 3.58. The van der Waals surface area contributed by atoms with Gasteiger partial charge in [-0.05, 0) is 78.0 Å². The van der Waals surface area contributed by atoms with Gasteiger partial charge in [0.05, 0.1) is 23.5 Å². The molecule has 14 heteroatoms. The maximum Gasteiger partial charge on any atom is 0.338 e. The van der Waals surface area contributed by atoms with Crippen LogP contribution in [0.2, 0.25) is 0 Å². The highest BCUT2D eigenvalue weighted by atomic mass is 16.5. The Balaban J connectivity index is 1.78. The molecule has 0 aliphatic heterocycles. The lowest BCUT2D eigenvalue weighted by Crippen LogP contribution is -2.28. The summed E-state index contributed by atoms with van der Waals surface area (Å²) in [6, 6.07) is 14.1. The van der Waals surface area contributed by atoms with E-state index in [2.05, 4.69) is 40.3 Å². The monoisotopic (exact) mass is 532 g/mol. The van der Waals surface area contributed by atoms with Crippen LogP contribution < -0.4 is 4.90 Å². The number of benzene rings is 2. The van der Waals surface area contributed by atoms with Gasteiger partial charge in [0.2, 0.25) is 0 Å². The molecule has 39 heavy (non-hydrogen) atoms.